The molecule has 4 aromatic rings. The Hall–Kier alpha value is -5.25. The number of methoxy groups -OCH3 is 1. The van der Waals surface area contributed by atoms with Crippen molar-refractivity contribution in [3.05, 3.63) is 89.7 Å². The molecule has 3 aromatic carbocycles. The van der Waals surface area contributed by atoms with Crippen LogP contribution in [0.25, 0.3) is 0 Å². The number of benzene rings is 3. The van der Waals surface area contributed by atoms with E-state index in [9.17, 15) is 14.7 Å². The Labute approximate surface area is 320 Å². The van der Waals surface area contributed by atoms with Crippen molar-refractivity contribution in [2.24, 2.45) is 5.92 Å². The lowest BCUT2D eigenvalue weighted by molar-refractivity contribution is -0.146. The van der Waals surface area contributed by atoms with Crippen LogP contribution in [-0.4, -0.2) is 92.4 Å². The maximum Gasteiger partial charge on any atom is 0.414 e. The summed E-state index contributed by atoms with van der Waals surface area (Å²) in [7, 11) is -0.783. The highest BCUT2D eigenvalue weighted by Crippen LogP contribution is 2.60. The first-order valence-corrected chi connectivity index (χ1v) is 21.9. The van der Waals surface area contributed by atoms with Gasteiger partial charge in [0.1, 0.15) is 19.0 Å². The highest BCUT2D eigenvalue weighted by molar-refractivity contribution is 6.91. The van der Waals surface area contributed by atoms with Crippen LogP contribution in [0.4, 0.5) is 26.7 Å². The number of aryl methyl sites for hydroxylation is 1. The van der Waals surface area contributed by atoms with E-state index in [2.05, 4.69) is 42.5 Å². The van der Waals surface area contributed by atoms with E-state index in [1.807, 2.05) is 60.8 Å². The molecule has 4 aliphatic heterocycles. The zero-order valence-electron chi connectivity index (χ0n) is 31.5. The molecule has 14 nitrogen and oxygen atoms in total. The molecule has 15 heteroatoms. The number of ether oxygens (including phenoxy) is 4. The van der Waals surface area contributed by atoms with E-state index >= 15 is 4.79 Å². The molecular weight excluding hydrogens is 721 g/mol. The summed E-state index contributed by atoms with van der Waals surface area (Å²) < 4.78 is 25.1. The molecule has 4 atom stereocenters. The fourth-order valence-corrected chi connectivity index (χ4v) is 13.2. The van der Waals surface area contributed by atoms with Crippen LogP contribution in [0.1, 0.15) is 30.2 Å². The number of hydrogen-bond donors (Lipinski definition) is 1. The fourth-order valence-electron chi connectivity index (χ4n) is 9.09. The number of carbonyl (C=O) groups excluding carboxylic acids is 3. The summed E-state index contributed by atoms with van der Waals surface area (Å²) in [5.41, 5.74) is 2.96. The summed E-state index contributed by atoms with van der Waals surface area (Å²) in [6.45, 7) is 9.02. The Morgan fingerprint density at radius 3 is 2.31 bits per heavy atom. The third-order valence-electron chi connectivity index (χ3n) is 11.8. The third-order valence-corrected chi connectivity index (χ3v) is 16.2. The van der Waals surface area contributed by atoms with Gasteiger partial charge in [-0.15, -0.1) is 5.10 Å². The minimum atomic E-state index is -2.44. The minimum absolute atomic E-state index is 0.0154. The SMILES string of the molecule is COc1ccc([Si](C)(C)[C@@H]2[C@@H](CCn3cc(CCO)nn3)O[C@]3(C(=O)N(Cc4cccc(N5CCOC5=O)c4)c4ccc(N5CCOC5=O)cc43)[C@H]2C)cc1. The summed E-state index contributed by atoms with van der Waals surface area (Å²) in [6, 6.07) is 21.6. The van der Waals surface area contributed by atoms with Crippen LogP contribution in [0.3, 0.4) is 0 Å². The average Bonchev–Trinajstić information content (AvgIpc) is 4.02. The number of cyclic esters (lactones) is 2. The van der Waals surface area contributed by atoms with Gasteiger partial charge >= 0.3 is 12.2 Å². The Bertz CT molecular complexity index is 2110. The lowest BCUT2D eigenvalue weighted by atomic mass is 9.82. The van der Waals surface area contributed by atoms with Crippen LogP contribution >= 0.6 is 0 Å². The van der Waals surface area contributed by atoms with E-state index in [1.54, 1.807) is 26.5 Å². The number of fused-ring (bicyclic) bond motifs is 2. The van der Waals surface area contributed by atoms with Gasteiger partial charge in [-0.2, -0.15) is 0 Å². The molecule has 1 N–H and O–H groups in total. The fraction of sp³-hybridized carbons (Fsp3) is 0.425. The van der Waals surface area contributed by atoms with Crippen LogP contribution in [-0.2, 0) is 44.1 Å². The van der Waals surface area contributed by atoms with E-state index in [-0.39, 0.29) is 43.2 Å². The summed E-state index contributed by atoms with van der Waals surface area (Å²) in [5.74, 6) is 0.334. The highest BCUT2D eigenvalue weighted by atomic mass is 28.3. The van der Waals surface area contributed by atoms with Gasteiger partial charge in [0, 0.05) is 48.6 Å². The van der Waals surface area contributed by atoms with Crippen molar-refractivity contribution in [3.63, 3.8) is 0 Å². The van der Waals surface area contributed by atoms with Crippen LogP contribution in [0.15, 0.2) is 72.9 Å². The van der Waals surface area contributed by atoms with Gasteiger partial charge in [0.15, 0.2) is 5.60 Å². The monoisotopic (exact) mass is 766 g/mol. The Morgan fingerprint density at radius 1 is 0.945 bits per heavy atom. The molecule has 5 heterocycles. The van der Waals surface area contributed by atoms with E-state index in [1.165, 1.54) is 5.19 Å². The van der Waals surface area contributed by atoms with Gasteiger partial charge in [-0.25, -0.2) is 9.59 Å². The third kappa shape index (κ3) is 6.33. The summed E-state index contributed by atoms with van der Waals surface area (Å²) >= 11 is 0. The second-order valence-electron chi connectivity index (χ2n) is 15.2. The molecule has 0 aliphatic carbocycles. The van der Waals surface area contributed by atoms with Gasteiger partial charge in [0.2, 0.25) is 0 Å². The average molecular weight is 767 g/mol. The van der Waals surface area contributed by atoms with Crippen molar-refractivity contribution < 1.29 is 38.4 Å². The zero-order chi connectivity index (χ0) is 38.5. The second-order valence-corrected chi connectivity index (χ2v) is 19.9. The van der Waals surface area contributed by atoms with Crippen molar-refractivity contribution >= 4 is 48.4 Å². The lowest BCUT2D eigenvalue weighted by Gasteiger charge is -2.37. The van der Waals surface area contributed by atoms with Gasteiger partial charge in [0.25, 0.3) is 5.91 Å². The number of aromatic nitrogens is 3. The molecule has 3 amide bonds. The van der Waals surface area contributed by atoms with Crippen LogP contribution in [0, 0.1) is 5.92 Å². The van der Waals surface area contributed by atoms with Crippen LogP contribution in [0.5, 0.6) is 5.75 Å². The first-order chi connectivity index (χ1) is 26.5. The second kappa shape index (κ2) is 14.4. The predicted molar refractivity (Wildman–Crippen MR) is 206 cm³/mol. The first kappa shape index (κ1) is 36.7. The normalized spacial score (nSPS) is 23.5. The van der Waals surface area contributed by atoms with Gasteiger partial charge in [0.05, 0.1) is 52.3 Å². The minimum Gasteiger partial charge on any atom is -0.497 e. The van der Waals surface area contributed by atoms with Gasteiger partial charge in [-0.3, -0.25) is 19.3 Å². The van der Waals surface area contributed by atoms with Crippen molar-refractivity contribution in [1.29, 1.82) is 0 Å². The molecule has 0 bridgehead atoms. The number of aliphatic hydroxyl groups excluding tert-OH is 1. The molecular formula is C40H46N6O8Si. The molecule has 0 unspecified atom stereocenters. The summed E-state index contributed by atoms with van der Waals surface area (Å²) in [5, 5.41) is 19.2. The van der Waals surface area contributed by atoms with Crippen molar-refractivity contribution in [3.8, 4) is 5.75 Å². The van der Waals surface area contributed by atoms with E-state index in [4.69, 9.17) is 18.9 Å². The number of anilines is 3. The smallest absolute Gasteiger partial charge is 0.414 e. The highest BCUT2D eigenvalue weighted by Gasteiger charge is 2.66. The Kier molecular flexibility index (Phi) is 9.63. The largest absolute Gasteiger partial charge is 0.497 e. The summed E-state index contributed by atoms with van der Waals surface area (Å²) in [4.78, 5) is 45.7. The molecule has 288 valence electrons. The van der Waals surface area contributed by atoms with Crippen molar-refractivity contribution in [2.75, 3.05) is 54.7 Å². The molecule has 3 fully saturated rings. The van der Waals surface area contributed by atoms with E-state index < -0.39 is 25.9 Å². The molecule has 1 spiro atoms. The molecule has 0 saturated carbocycles. The van der Waals surface area contributed by atoms with Crippen LogP contribution in [0.2, 0.25) is 18.6 Å². The van der Waals surface area contributed by atoms with Gasteiger partial charge < -0.3 is 29.0 Å². The van der Waals surface area contributed by atoms with E-state index in [0.717, 1.165) is 16.9 Å². The first-order valence-electron chi connectivity index (χ1n) is 18.8. The topological polar surface area (TPSA) is 149 Å². The molecule has 1 aromatic heterocycles. The number of rotatable bonds is 12. The van der Waals surface area contributed by atoms with Crippen LogP contribution < -0.4 is 24.6 Å². The zero-order valence-corrected chi connectivity index (χ0v) is 32.5. The van der Waals surface area contributed by atoms with Crippen molar-refractivity contribution in [1.82, 2.24) is 15.0 Å². The number of aliphatic hydroxyl groups is 1. The lowest BCUT2D eigenvalue weighted by Crippen LogP contribution is -2.51. The molecule has 0 radical (unpaired) electrons. The number of carbonyl (C=O) groups is 3. The molecule has 3 saturated heterocycles. The predicted octanol–water partition coefficient (Wildman–Crippen LogP) is 4.59. The quantitative estimate of drug-likeness (QED) is 0.203. The maximum atomic E-state index is 15.4. The van der Waals surface area contributed by atoms with Crippen molar-refractivity contribution in [2.45, 2.75) is 63.2 Å². The Morgan fingerprint density at radius 2 is 1.65 bits per heavy atom. The molecule has 8 rings (SSSR count). The standard InChI is InChI=1S/C40H46N6O8Si/c1-26-36(55(3,4)32-11-9-31(51-2)10-12-32)35(14-16-43-25-28(15-19-47)41-42-43)54-40(26)33-23-30(45-18-21-53-39(45)50)8-13-34(33)46(37(40)48)24-27-6-5-7-29(22-27)44-17-20-52-38(44)49/h5-13,22-23,25-26,35-36,47H,14-21,24H2,1-4H3/t26-,35+,36-,40+/m0/s1. The molecule has 4 aliphatic rings. The molecule has 55 heavy (non-hydrogen) atoms. The maximum absolute atomic E-state index is 15.4. The van der Waals surface area contributed by atoms with Gasteiger partial charge in [-0.1, -0.05) is 54.7 Å². The van der Waals surface area contributed by atoms with E-state index in [0.29, 0.717) is 61.8 Å². The number of amides is 3. The van der Waals surface area contributed by atoms with Gasteiger partial charge in [-0.05, 0) is 60.0 Å². The number of hydrogen-bond acceptors (Lipinski definition) is 10. The summed E-state index contributed by atoms with van der Waals surface area (Å²) in [6.07, 6.45) is 1.67. The Balaban J connectivity index is 1.21. The number of nitrogens with zero attached hydrogens (tertiary/aromatic N) is 6.